The molecule has 0 aliphatic heterocycles. The Kier molecular flexibility index (Phi) is 5.50. The molecule has 0 spiro atoms. The Morgan fingerprint density at radius 1 is 1.04 bits per heavy atom. The van der Waals surface area contributed by atoms with E-state index in [9.17, 15) is 4.79 Å². The number of carbonyl (C=O) groups is 1. The van der Waals surface area contributed by atoms with Gasteiger partial charge in [-0.05, 0) is 47.4 Å². The molecule has 0 atom stereocenters. The molecular weight excluding hydrogens is 312 g/mol. The van der Waals surface area contributed by atoms with Gasteiger partial charge in [-0.15, -0.1) is 0 Å². The fourth-order valence-electron chi connectivity index (χ4n) is 1.94. The van der Waals surface area contributed by atoms with Gasteiger partial charge in [0.1, 0.15) is 5.75 Å². The van der Waals surface area contributed by atoms with E-state index in [1.54, 1.807) is 24.3 Å². The number of urea groups is 1. The van der Waals surface area contributed by atoms with E-state index >= 15 is 0 Å². The van der Waals surface area contributed by atoms with Crippen molar-refractivity contribution in [2.45, 2.75) is 26.2 Å². The molecule has 2 aromatic rings. The maximum absolute atomic E-state index is 11.8. The van der Waals surface area contributed by atoms with Crippen molar-refractivity contribution in [3.05, 3.63) is 59.1 Å². The average Bonchev–Trinajstić information content (AvgIpc) is 2.49. The van der Waals surface area contributed by atoms with Crippen molar-refractivity contribution in [3.8, 4) is 5.75 Å². The normalized spacial score (nSPS) is 11.0. The van der Waals surface area contributed by atoms with Crippen molar-refractivity contribution in [3.63, 3.8) is 0 Å². The first-order chi connectivity index (χ1) is 10.8. The predicted molar refractivity (Wildman–Crippen MR) is 94.2 cm³/mol. The summed E-state index contributed by atoms with van der Waals surface area (Å²) in [6.07, 6.45) is 0. The van der Waals surface area contributed by atoms with Crippen LogP contribution in [0.2, 0.25) is 5.02 Å². The lowest BCUT2D eigenvalue weighted by atomic mass is 9.87. The molecule has 122 valence electrons. The van der Waals surface area contributed by atoms with Crippen LogP contribution in [0, 0.1) is 0 Å². The van der Waals surface area contributed by atoms with Crippen molar-refractivity contribution < 1.29 is 9.53 Å². The molecule has 5 heteroatoms. The quantitative estimate of drug-likeness (QED) is 0.790. The number of rotatable bonds is 4. The minimum atomic E-state index is -0.317. The molecule has 0 aromatic heterocycles. The van der Waals surface area contributed by atoms with Crippen molar-refractivity contribution in [2.75, 3.05) is 12.0 Å². The fraction of sp³-hybridized carbons (Fsp3) is 0.278. The topological polar surface area (TPSA) is 50.4 Å². The first-order valence-corrected chi connectivity index (χ1v) is 7.76. The number of halogens is 1. The van der Waals surface area contributed by atoms with Crippen molar-refractivity contribution in [1.29, 1.82) is 0 Å². The minimum Gasteiger partial charge on any atom is -0.473 e. The zero-order valence-corrected chi connectivity index (χ0v) is 14.3. The monoisotopic (exact) mass is 332 g/mol. The summed E-state index contributed by atoms with van der Waals surface area (Å²) in [6.45, 7) is 6.52. The number of hydrogen-bond donors (Lipinski definition) is 2. The van der Waals surface area contributed by atoms with Gasteiger partial charge in [-0.3, -0.25) is 0 Å². The number of anilines is 1. The molecule has 2 N–H and O–H groups in total. The van der Waals surface area contributed by atoms with Crippen LogP contribution in [0.4, 0.5) is 10.5 Å². The molecule has 0 fully saturated rings. The summed E-state index contributed by atoms with van der Waals surface area (Å²) in [5.41, 5.74) is 2.05. The molecule has 0 saturated carbocycles. The fourth-order valence-corrected chi connectivity index (χ4v) is 2.07. The number of nitrogens with one attached hydrogen (secondary N) is 2. The summed E-state index contributed by atoms with van der Waals surface area (Å²) < 4.78 is 5.40. The van der Waals surface area contributed by atoms with E-state index in [-0.39, 0.29) is 18.2 Å². The van der Waals surface area contributed by atoms with Gasteiger partial charge in [0.2, 0.25) is 0 Å². The molecule has 2 rings (SSSR count). The van der Waals surface area contributed by atoms with E-state index in [2.05, 4.69) is 31.4 Å². The third-order valence-electron chi connectivity index (χ3n) is 3.29. The van der Waals surface area contributed by atoms with Crippen LogP contribution in [0.25, 0.3) is 0 Å². The lowest BCUT2D eigenvalue weighted by molar-refractivity contribution is 0.234. The van der Waals surface area contributed by atoms with Gasteiger partial charge in [-0.1, -0.05) is 44.5 Å². The summed E-state index contributed by atoms with van der Waals surface area (Å²) in [6, 6.07) is 14.4. The highest BCUT2D eigenvalue weighted by Gasteiger charge is 2.13. The van der Waals surface area contributed by atoms with Gasteiger partial charge in [0.15, 0.2) is 6.73 Å². The maximum atomic E-state index is 11.8. The summed E-state index contributed by atoms with van der Waals surface area (Å²) in [4.78, 5) is 11.8. The van der Waals surface area contributed by atoms with Gasteiger partial charge in [0.25, 0.3) is 0 Å². The summed E-state index contributed by atoms with van der Waals surface area (Å²) >= 11 is 5.79. The minimum absolute atomic E-state index is 0.0769. The summed E-state index contributed by atoms with van der Waals surface area (Å²) in [5, 5.41) is 6.04. The molecule has 23 heavy (non-hydrogen) atoms. The molecule has 0 radical (unpaired) electrons. The van der Waals surface area contributed by atoms with Gasteiger partial charge in [-0.25, -0.2) is 4.79 Å². The van der Waals surface area contributed by atoms with Crippen LogP contribution in [0.1, 0.15) is 26.3 Å². The molecule has 0 unspecified atom stereocenters. The number of benzene rings is 2. The van der Waals surface area contributed by atoms with E-state index < -0.39 is 0 Å². The second-order valence-electron chi connectivity index (χ2n) is 6.20. The lowest BCUT2D eigenvalue weighted by Gasteiger charge is -2.19. The molecule has 2 aromatic carbocycles. The maximum Gasteiger partial charge on any atom is 0.321 e. The van der Waals surface area contributed by atoms with E-state index in [1.165, 1.54) is 5.56 Å². The van der Waals surface area contributed by atoms with Gasteiger partial charge >= 0.3 is 6.03 Å². The Morgan fingerprint density at radius 3 is 2.22 bits per heavy atom. The zero-order valence-electron chi connectivity index (χ0n) is 13.5. The molecule has 2 amide bonds. The summed E-state index contributed by atoms with van der Waals surface area (Å²) in [5.74, 6) is 0.643. The average molecular weight is 333 g/mol. The molecule has 0 aliphatic carbocycles. The standard InChI is InChI=1S/C18H21ClN2O2/c1-18(2,3)13-4-8-15(9-5-13)21-17(22)20-12-23-16-10-6-14(19)7-11-16/h4-11H,12H2,1-3H3,(H2,20,21,22). The van der Waals surface area contributed by atoms with Crippen molar-refractivity contribution in [2.24, 2.45) is 0 Å². The molecule has 4 nitrogen and oxygen atoms in total. The second kappa shape index (κ2) is 7.38. The van der Waals surface area contributed by atoms with Crippen LogP contribution in [-0.4, -0.2) is 12.8 Å². The van der Waals surface area contributed by atoms with Crippen LogP contribution >= 0.6 is 11.6 Å². The van der Waals surface area contributed by atoms with Gasteiger partial charge in [0, 0.05) is 10.7 Å². The number of amides is 2. The highest BCUT2D eigenvalue weighted by atomic mass is 35.5. The Bertz CT molecular complexity index is 646. The van der Waals surface area contributed by atoms with E-state index in [0.29, 0.717) is 10.8 Å². The van der Waals surface area contributed by atoms with Crippen LogP contribution in [0.5, 0.6) is 5.75 Å². The smallest absolute Gasteiger partial charge is 0.321 e. The van der Waals surface area contributed by atoms with Gasteiger partial charge < -0.3 is 15.4 Å². The largest absolute Gasteiger partial charge is 0.473 e. The van der Waals surface area contributed by atoms with Gasteiger partial charge in [-0.2, -0.15) is 0 Å². The molecular formula is C18H21ClN2O2. The Balaban J connectivity index is 1.79. The van der Waals surface area contributed by atoms with Crippen LogP contribution in [0.15, 0.2) is 48.5 Å². The Labute approximate surface area is 141 Å². The van der Waals surface area contributed by atoms with Crippen LogP contribution in [0.3, 0.4) is 0 Å². The Hall–Kier alpha value is -2.20. The highest BCUT2D eigenvalue weighted by Crippen LogP contribution is 2.23. The first-order valence-electron chi connectivity index (χ1n) is 7.38. The third-order valence-corrected chi connectivity index (χ3v) is 3.55. The second-order valence-corrected chi connectivity index (χ2v) is 6.64. The predicted octanol–water partition coefficient (Wildman–Crippen LogP) is 4.80. The third kappa shape index (κ3) is 5.49. The number of hydrogen-bond acceptors (Lipinski definition) is 2. The highest BCUT2D eigenvalue weighted by molar-refractivity contribution is 6.30. The SMILES string of the molecule is CC(C)(C)c1ccc(NC(=O)NCOc2ccc(Cl)cc2)cc1. The van der Waals surface area contributed by atoms with Crippen molar-refractivity contribution in [1.82, 2.24) is 5.32 Å². The zero-order chi connectivity index (χ0) is 16.9. The van der Waals surface area contributed by atoms with Gasteiger partial charge in [0.05, 0.1) is 0 Å². The first kappa shape index (κ1) is 17.2. The van der Waals surface area contributed by atoms with Crippen LogP contribution < -0.4 is 15.4 Å². The Morgan fingerprint density at radius 2 is 1.65 bits per heavy atom. The van der Waals surface area contributed by atoms with E-state index in [1.807, 2.05) is 24.3 Å². The van der Waals surface area contributed by atoms with E-state index in [0.717, 1.165) is 5.69 Å². The molecule has 0 aliphatic rings. The number of ether oxygens (including phenoxy) is 1. The molecule has 0 heterocycles. The van der Waals surface area contributed by atoms with E-state index in [4.69, 9.17) is 16.3 Å². The van der Waals surface area contributed by atoms with Crippen LogP contribution in [-0.2, 0) is 5.41 Å². The van der Waals surface area contributed by atoms with Crippen molar-refractivity contribution >= 4 is 23.3 Å². The molecule has 0 bridgehead atoms. The summed E-state index contributed by atoms with van der Waals surface area (Å²) in [7, 11) is 0. The lowest BCUT2D eigenvalue weighted by Crippen LogP contribution is -2.32. The molecule has 0 saturated heterocycles. The number of carbonyl (C=O) groups excluding carboxylic acids is 1.